The number of carbonyl (C=O) groups excluding carboxylic acids is 2. The minimum absolute atomic E-state index is 0.0243. The highest BCUT2D eigenvalue weighted by Crippen LogP contribution is 2.47. The van der Waals surface area contributed by atoms with Crippen molar-refractivity contribution in [1.29, 1.82) is 0 Å². The third-order valence-electron chi connectivity index (χ3n) is 8.47. The number of nitrogens with one attached hydrogen (secondary N) is 2. The minimum atomic E-state index is -0.0414. The van der Waals surface area contributed by atoms with Gasteiger partial charge in [0.05, 0.1) is 11.6 Å². The summed E-state index contributed by atoms with van der Waals surface area (Å²) in [6.45, 7) is 1.50. The van der Waals surface area contributed by atoms with Crippen LogP contribution < -0.4 is 10.6 Å². The van der Waals surface area contributed by atoms with E-state index in [9.17, 15) is 9.59 Å². The molecule has 4 atom stereocenters. The maximum Gasteiger partial charge on any atom is 0.270 e. The molecule has 4 aliphatic rings. The Bertz CT molecular complexity index is 1450. The van der Waals surface area contributed by atoms with Gasteiger partial charge in [0.25, 0.3) is 11.8 Å². The third kappa shape index (κ3) is 3.94. The van der Waals surface area contributed by atoms with Gasteiger partial charge in [-0.05, 0) is 56.2 Å². The monoisotopic (exact) mass is 512 g/mol. The fourth-order valence-corrected chi connectivity index (χ4v) is 6.63. The van der Waals surface area contributed by atoms with Gasteiger partial charge in [0.2, 0.25) is 5.95 Å². The van der Waals surface area contributed by atoms with Gasteiger partial charge in [-0.15, -0.1) is 0 Å². The number of amides is 2. The van der Waals surface area contributed by atoms with Crippen LogP contribution in [0, 0.1) is 5.92 Å². The molecule has 7 rings (SSSR count). The molecule has 3 unspecified atom stereocenters. The highest BCUT2D eigenvalue weighted by molar-refractivity contribution is 5.98. The largest absolute Gasteiger partial charge is 0.343 e. The molecule has 10 heteroatoms. The predicted octanol–water partition coefficient (Wildman–Crippen LogP) is 3.13. The maximum absolute atomic E-state index is 13.1. The van der Waals surface area contributed by atoms with Gasteiger partial charge in [-0.25, -0.2) is 9.97 Å². The van der Waals surface area contributed by atoms with Crippen molar-refractivity contribution in [3.05, 3.63) is 53.5 Å². The Hall–Kier alpha value is -3.79. The molecule has 2 aliphatic heterocycles. The molecule has 10 nitrogen and oxygen atoms in total. The zero-order valence-corrected chi connectivity index (χ0v) is 21.7. The van der Waals surface area contributed by atoms with E-state index in [-0.39, 0.29) is 17.9 Å². The molecule has 2 saturated heterocycles. The van der Waals surface area contributed by atoms with Gasteiger partial charge in [0, 0.05) is 57.0 Å². The summed E-state index contributed by atoms with van der Waals surface area (Å²) in [6, 6.07) is 6.45. The SMILES string of the molecule is CN(C)C(=O)c1cc2cnc(Nc3ccc(C(=O)N4CC5CCC(C4)N5)cn3)nc2n1C1C[C@@H]2C=C1CC2. The van der Waals surface area contributed by atoms with Crippen molar-refractivity contribution in [3.63, 3.8) is 0 Å². The molecule has 0 aromatic carbocycles. The molecule has 196 valence electrons. The van der Waals surface area contributed by atoms with E-state index in [2.05, 4.69) is 31.2 Å². The Morgan fingerprint density at radius 3 is 2.55 bits per heavy atom. The van der Waals surface area contributed by atoms with Crippen LogP contribution in [-0.2, 0) is 0 Å². The minimum Gasteiger partial charge on any atom is -0.343 e. The predicted molar refractivity (Wildman–Crippen MR) is 143 cm³/mol. The number of fused-ring (bicyclic) bond motifs is 4. The van der Waals surface area contributed by atoms with Crippen LogP contribution in [-0.4, -0.2) is 80.4 Å². The Labute approximate surface area is 221 Å². The Morgan fingerprint density at radius 2 is 1.89 bits per heavy atom. The number of rotatable bonds is 5. The summed E-state index contributed by atoms with van der Waals surface area (Å²) < 4.78 is 2.10. The van der Waals surface area contributed by atoms with E-state index in [1.807, 2.05) is 11.0 Å². The van der Waals surface area contributed by atoms with Crippen molar-refractivity contribution >= 4 is 34.6 Å². The highest BCUT2D eigenvalue weighted by Gasteiger charge is 2.36. The first kappa shape index (κ1) is 23.3. The van der Waals surface area contributed by atoms with E-state index in [1.54, 1.807) is 43.5 Å². The number of anilines is 2. The fourth-order valence-electron chi connectivity index (χ4n) is 6.63. The van der Waals surface area contributed by atoms with Gasteiger partial charge in [0.1, 0.15) is 17.2 Å². The Balaban J connectivity index is 1.15. The number of allylic oxidation sites excluding steroid dienone is 2. The average molecular weight is 513 g/mol. The lowest BCUT2D eigenvalue weighted by molar-refractivity contribution is 0.0697. The fraction of sp³-hybridized carbons (Fsp3) is 0.464. The molecule has 3 aromatic heterocycles. The summed E-state index contributed by atoms with van der Waals surface area (Å²) in [5.41, 5.74) is 3.36. The number of hydrogen-bond donors (Lipinski definition) is 2. The summed E-state index contributed by atoms with van der Waals surface area (Å²) in [5.74, 6) is 1.53. The zero-order valence-electron chi connectivity index (χ0n) is 21.7. The van der Waals surface area contributed by atoms with Crippen molar-refractivity contribution in [2.75, 3.05) is 32.5 Å². The van der Waals surface area contributed by atoms with Gasteiger partial charge in [-0.1, -0.05) is 11.6 Å². The molecule has 38 heavy (non-hydrogen) atoms. The summed E-state index contributed by atoms with van der Waals surface area (Å²) in [7, 11) is 3.55. The van der Waals surface area contributed by atoms with Crippen LogP contribution >= 0.6 is 0 Å². The molecule has 2 aliphatic carbocycles. The van der Waals surface area contributed by atoms with E-state index in [4.69, 9.17) is 4.98 Å². The van der Waals surface area contributed by atoms with Crippen LogP contribution in [0.4, 0.5) is 11.8 Å². The molecular weight excluding hydrogens is 480 g/mol. The second-order valence-corrected chi connectivity index (χ2v) is 11.3. The zero-order chi connectivity index (χ0) is 26.0. The van der Waals surface area contributed by atoms with Crippen molar-refractivity contribution in [3.8, 4) is 0 Å². The van der Waals surface area contributed by atoms with E-state index >= 15 is 0 Å². The number of piperazine rings is 1. The first-order valence-electron chi connectivity index (χ1n) is 13.5. The standard InChI is InChI=1S/C28H32N8O2/c1-34(2)27(38)23-11-19-13-30-28(33-25(19)36(23)22-10-16-3-4-17(22)9-16)32-24-8-5-18(12-29-24)26(37)35-14-20-6-7-21(15-35)31-20/h5,8-9,11-13,16,20-22,31H,3-4,6-7,10,14-15H2,1-2H3,(H,29,30,32,33)/t16-,20?,21?,22?/m0/s1. The average Bonchev–Trinajstić information content (AvgIpc) is 3.71. The normalized spacial score (nSPS) is 25.6. The topological polar surface area (TPSA) is 108 Å². The molecule has 3 aromatic rings. The summed E-state index contributed by atoms with van der Waals surface area (Å²) in [4.78, 5) is 43.5. The molecule has 2 amide bonds. The van der Waals surface area contributed by atoms with Crippen LogP contribution in [0.1, 0.15) is 59.0 Å². The lowest BCUT2D eigenvalue weighted by Gasteiger charge is -2.32. The molecule has 0 radical (unpaired) electrons. The number of pyridine rings is 1. The quantitative estimate of drug-likeness (QED) is 0.506. The molecule has 2 fully saturated rings. The van der Waals surface area contributed by atoms with E-state index in [1.165, 1.54) is 12.0 Å². The van der Waals surface area contributed by atoms with E-state index in [0.29, 0.717) is 41.0 Å². The number of carbonyl (C=O) groups is 2. The molecule has 0 spiro atoms. The summed E-state index contributed by atoms with van der Waals surface area (Å²) in [6.07, 6.45) is 11.3. The van der Waals surface area contributed by atoms with Crippen molar-refractivity contribution in [2.45, 2.75) is 50.2 Å². The second kappa shape index (κ2) is 8.90. The van der Waals surface area contributed by atoms with Crippen molar-refractivity contribution in [1.82, 2.24) is 34.6 Å². The van der Waals surface area contributed by atoms with Gasteiger partial charge in [0.15, 0.2) is 0 Å². The number of aromatic nitrogens is 4. The Kier molecular flexibility index (Phi) is 5.47. The Morgan fingerprint density at radius 1 is 1.08 bits per heavy atom. The first-order chi connectivity index (χ1) is 18.4. The molecule has 0 saturated carbocycles. The van der Waals surface area contributed by atoms with E-state index < -0.39 is 0 Å². The van der Waals surface area contributed by atoms with Gasteiger partial charge < -0.3 is 25.0 Å². The van der Waals surface area contributed by atoms with Crippen molar-refractivity contribution < 1.29 is 9.59 Å². The lowest BCUT2D eigenvalue weighted by Crippen LogP contribution is -2.53. The van der Waals surface area contributed by atoms with Crippen LogP contribution in [0.25, 0.3) is 11.0 Å². The highest BCUT2D eigenvalue weighted by atomic mass is 16.2. The number of hydrogen-bond acceptors (Lipinski definition) is 7. The van der Waals surface area contributed by atoms with Crippen LogP contribution in [0.3, 0.4) is 0 Å². The summed E-state index contributed by atoms with van der Waals surface area (Å²) >= 11 is 0. The van der Waals surface area contributed by atoms with Gasteiger partial charge in [-0.3, -0.25) is 9.59 Å². The first-order valence-corrected chi connectivity index (χ1v) is 13.5. The van der Waals surface area contributed by atoms with Gasteiger partial charge in [-0.2, -0.15) is 4.98 Å². The van der Waals surface area contributed by atoms with E-state index in [0.717, 1.165) is 49.8 Å². The molecule has 5 heterocycles. The number of nitrogens with zero attached hydrogens (tertiary/aromatic N) is 6. The van der Waals surface area contributed by atoms with Gasteiger partial charge >= 0.3 is 0 Å². The van der Waals surface area contributed by atoms with Crippen LogP contribution in [0.2, 0.25) is 0 Å². The summed E-state index contributed by atoms with van der Waals surface area (Å²) in [5, 5.41) is 7.58. The van der Waals surface area contributed by atoms with Crippen molar-refractivity contribution in [2.24, 2.45) is 5.92 Å². The molecule has 4 bridgehead atoms. The molecular formula is C28H32N8O2. The third-order valence-corrected chi connectivity index (χ3v) is 8.47. The smallest absolute Gasteiger partial charge is 0.270 e. The van der Waals surface area contributed by atoms with Crippen LogP contribution in [0.15, 0.2) is 42.2 Å². The lowest BCUT2D eigenvalue weighted by atomic mass is 9.94. The maximum atomic E-state index is 13.1. The molecule has 2 N–H and O–H groups in total. The second-order valence-electron chi connectivity index (χ2n) is 11.3. The number of likely N-dealkylation sites (tertiary alicyclic amines) is 1. The van der Waals surface area contributed by atoms with Crippen LogP contribution in [0.5, 0.6) is 0 Å².